The number of allylic oxidation sites excluding steroid dienone is 2. The zero-order chi connectivity index (χ0) is 13.5. The van der Waals surface area contributed by atoms with Gasteiger partial charge in [0.05, 0.1) is 5.92 Å². The van der Waals surface area contributed by atoms with E-state index in [0.29, 0.717) is 5.92 Å². The van der Waals surface area contributed by atoms with Crippen molar-refractivity contribution in [3.8, 4) is 0 Å². The van der Waals surface area contributed by atoms with Gasteiger partial charge in [-0.2, -0.15) is 0 Å². The van der Waals surface area contributed by atoms with E-state index in [1.165, 1.54) is 12.0 Å². The summed E-state index contributed by atoms with van der Waals surface area (Å²) in [5.41, 5.74) is 6.80. The minimum Gasteiger partial charge on any atom is -0.369 e. The lowest BCUT2D eigenvalue weighted by molar-refractivity contribution is -0.123. The molecule has 1 saturated heterocycles. The van der Waals surface area contributed by atoms with Gasteiger partial charge in [0.25, 0.3) is 0 Å². The first kappa shape index (κ1) is 15.2. The summed E-state index contributed by atoms with van der Waals surface area (Å²) in [6.07, 6.45) is 6.77. The molecule has 1 rings (SSSR count). The summed E-state index contributed by atoms with van der Waals surface area (Å²) in [6.45, 7) is 9.67. The van der Waals surface area contributed by atoms with E-state index >= 15 is 0 Å². The molecule has 1 heterocycles. The first-order chi connectivity index (χ1) is 8.49. The van der Waals surface area contributed by atoms with Gasteiger partial charge in [0, 0.05) is 13.1 Å². The topological polar surface area (TPSA) is 46.3 Å². The van der Waals surface area contributed by atoms with Gasteiger partial charge >= 0.3 is 0 Å². The second kappa shape index (κ2) is 7.57. The highest BCUT2D eigenvalue weighted by Gasteiger charge is 2.24. The minimum absolute atomic E-state index is 0.0729. The second-order valence-electron chi connectivity index (χ2n) is 5.97. The van der Waals surface area contributed by atoms with E-state index in [-0.39, 0.29) is 11.8 Å². The van der Waals surface area contributed by atoms with Crippen molar-refractivity contribution in [1.82, 2.24) is 4.90 Å². The molecule has 0 radical (unpaired) electrons. The van der Waals surface area contributed by atoms with Crippen molar-refractivity contribution in [2.24, 2.45) is 17.6 Å². The molecule has 0 aromatic rings. The molecule has 0 aliphatic carbocycles. The van der Waals surface area contributed by atoms with Crippen molar-refractivity contribution in [3.63, 3.8) is 0 Å². The number of nitrogens with two attached hydrogens (primary N) is 1. The third-order valence-electron chi connectivity index (χ3n) is 3.69. The Morgan fingerprint density at radius 1 is 1.50 bits per heavy atom. The average Bonchev–Trinajstić information content (AvgIpc) is 2.28. The molecule has 1 amide bonds. The minimum atomic E-state index is -0.128. The number of nitrogens with zero attached hydrogens (tertiary/aromatic N) is 1. The standard InChI is InChI=1S/C15H28N2O/c1-12(2)6-4-7-13(3)10-17-9-5-8-14(11-17)15(16)18/h6,13-14H,4-5,7-11H2,1-3H3,(H2,16,18). The number of carbonyl (C=O) groups is 1. The summed E-state index contributed by atoms with van der Waals surface area (Å²) in [7, 11) is 0. The lowest BCUT2D eigenvalue weighted by Gasteiger charge is -2.32. The number of hydrogen-bond acceptors (Lipinski definition) is 2. The van der Waals surface area contributed by atoms with Crippen LogP contribution in [0.4, 0.5) is 0 Å². The Balaban J connectivity index is 2.28. The summed E-state index contributed by atoms with van der Waals surface area (Å²) in [5.74, 6) is 0.632. The van der Waals surface area contributed by atoms with Gasteiger partial charge in [0.2, 0.25) is 5.91 Å². The molecule has 0 bridgehead atoms. The molecule has 1 fully saturated rings. The number of carbonyl (C=O) groups excluding carboxylic acids is 1. The lowest BCUT2D eigenvalue weighted by Crippen LogP contribution is -2.42. The number of rotatable bonds is 6. The Labute approximate surface area is 111 Å². The molecule has 2 atom stereocenters. The van der Waals surface area contributed by atoms with E-state index < -0.39 is 0 Å². The number of likely N-dealkylation sites (tertiary alicyclic amines) is 1. The molecule has 2 unspecified atom stereocenters. The predicted octanol–water partition coefficient (Wildman–Crippen LogP) is 2.57. The first-order valence-electron chi connectivity index (χ1n) is 7.14. The van der Waals surface area contributed by atoms with Gasteiger partial charge < -0.3 is 10.6 Å². The van der Waals surface area contributed by atoms with E-state index in [9.17, 15) is 4.79 Å². The van der Waals surface area contributed by atoms with Gasteiger partial charge in [0.15, 0.2) is 0 Å². The van der Waals surface area contributed by atoms with Crippen molar-refractivity contribution in [2.75, 3.05) is 19.6 Å². The van der Waals surface area contributed by atoms with Crippen LogP contribution in [0, 0.1) is 11.8 Å². The van der Waals surface area contributed by atoms with Crippen LogP contribution in [0.25, 0.3) is 0 Å². The van der Waals surface area contributed by atoms with Crippen LogP contribution >= 0.6 is 0 Å². The molecule has 0 spiro atoms. The fraction of sp³-hybridized carbons (Fsp3) is 0.800. The van der Waals surface area contributed by atoms with Gasteiger partial charge in [-0.3, -0.25) is 4.79 Å². The fourth-order valence-corrected chi connectivity index (χ4v) is 2.64. The van der Waals surface area contributed by atoms with Crippen LogP contribution in [0.5, 0.6) is 0 Å². The van der Waals surface area contributed by atoms with Gasteiger partial charge in [-0.25, -0.2) is 0 Å². The molecule has 3 nitrogen and oxygen atoms in total. The maximum atomic E-state index is 11.2. The Morgan fingerprint density at radius 2 is 2.22 bits per heavy atom. The quantitative estimate of drug-likeness (QED) is 0.739. The van der Waals surface area contributed by atoms with E-state index in [2.05, 4.69) is 31.7 Å². The molecule has 1 aliphatic rings. The summed E-state index contributed by atoms with van der Waals surface area (Å²) < 4.78 is 0. The van der Waals surface area contributed by atoms with Crippen molar-refractivity contribution in [2.45, 2.75) is 46.5 Å². The van der Waals surface area contributed by atoms with E-state index in [1.807, 2.05) is 0 Å². The number of amides is 1. The van der Waals surface area contributed by atoms with Crippen molar-refractivity contribution in [3.05, 3.63) is 11.6 Å². The third-order valence-corrected chi connectivity index (χ3v) is 3.69. The normalized spacial score (nSPS) is 22.5. The maximum Gasteiger partial charge on any atom is 0.221 e. The van der Waals surface area contributed by atoms with Gasteiger partial charge in [-0.15, -0.1) is 0 Å². The van der Waals surface area contributed by atoms with Crippen LogP contribution in [0.1, 0.15) is 46.5 Å². The monoisotopic (exact) mass is 252 g/mol. The smallest absolute Gasteiger partial charge is 0.221 e. The predicted molar refractivity (Wildman–Crippen MR) is 76.2 cm³/mol. The number of primary amides is 1. The van der Waals surface area contributed by atoms with Gasteiger partial charge in [0.1, 0.15) is 0 Å². The summed E-state index contributed by atoms with van der Waals surface area (Å²) in [4.78, 5) is 13.6. The summed E-state index contributed by atoms with van der Waals surface area (Å²) >= 11 is 0. The Kier molecular flexibility index (Phi) is 6.41. The number of piperidine rings is 1. The van der Waals surface area contributed by atoms with Crippen LogP contribution in [0.2, 0.25) is 0 Å². The van der Waals surface area contributed by atoms with Crippen molar-refractivity contribution in [1.29, 1.82) is 0 Å². The molecular weight excluding hydrogens is 224 g/mol. The number of hydrogen-bond donors (Lipinski definition) is 1. The van der Waals surface area contributed by atoms with Gasteiger partial charge in [-0.05, 0) is 52.0 Å². The SMILES string of the molecule is CC(C)=CCCC(C)CN1CCCC(C(N)=O)C1. The second-order valence-corrected chi connectivity index (χ2v) is 5.97. The Hall–Kier alpha value is -0.830. The third kappa shape index (κ3) is 5.67. The highest BCUT2D eigenvalue weighted by molar-refractivity contribution is 5.76. The van der Waals surface area contributed by atoms with E-state index in [1.54, 1.807) is 0 Å². The molecule has 18 heavy (non-hydrogen) atoms. The first-order valence-corrected chi connectivity index (χ1v) is 7.14. The fourth-order valence-electron chi connectivity index (χ4n) is 2.64. The van der Waals surface area contributed by atoms with Crippen LogP contribution < -0.4 is 5.73 Å². The lowest BCUT2D eigenvalue weighted by atomic mass is 9.95. The van der Waals surface area contributed by atoms with Gasteiger partial charge in [-0.1, -0.05) is 18.6 Å². The summed E-state index contributed by atoms with van der Waals surface area (Å²) in [5, 5.41) is 0. The van der Waals surface area contributed by atoms with Crippen LogP contribution in [-0.2, 0) is 4.79 Å². The zero-order valence-corrected chi connectivity index (χ0v) is 12.1. The van der Waals surface area contributed by atoms with Crippen molar-refractivity contribution < 1.29 is 4.79 Å². The average molecular weight is 252 g/mol. The molecule has 0 saturated carbocycles. The maximum absolute atomic E-state index is 11.2. The molecule has 2 N–H and O–H groups in total. The van der Waals surface area contributed by atoms with Crippen molar-refractivity contribution >= 4 is 5.91 Å². The summed E-state index contributed by atoms with van der Waals surface area (Å²) in [6, 6.07) is 0. The molecule has 0 aromatic carbocycles. The zero-order valence-electron chi connectivity index (χ0n) is 12.1. The molecular formula is C15H28N2O. The Morgan fingerprint density at radius 3 is 2.83 bits per heavy atom. The van der Waals surface area contributed by atoms with Crippen LogP contribution in [-0.4, -0.2) is 30.4 Å². The Bertz CT molecular complexity index is 295. The highest BCUT2D eigenvalue weighted by Crippen LogP contribution is 2.18. The largest absolute Gasteiger partial charge is 0.369 e. The van der Waals surface area contributed by atoms with Crippen LogP contribution in [0.15, 0.2) is 11.6 Å². The van der Waals surface area contributed by atoms with Crippen LogP contribution in [0.3, 0.4) is 0 Å². The highest BCUT2D eigenvalue weighted by atomic mass is 16.1. The van der Waals surface area contributed by atoms with E-state index in [0.717, 1.165) is 38.9 Å². The molecule has 0 aromatic heterocycles. The molecule has 1 aliphatic heterocycles. The molecule has 3 heteroatoms. The van der Waals surface area contributed by atoms with E-state index in [4.69, 9.17) is 5.73 Å². The molecule has 104 valence electrons.